The molecule has 0 saturated carbocycles. The van der Waals surface area contributed by atoms with Crippen LogP contribution in [0.2, 0.25) is 0 Å². The van der Waals surface area contributed by atoms with Gasteiger partial charge < -0.3 is 5.32 Å². The smallest absolute Gasteiger partial charge is 0.126 e. The number of halogens is 1. The van der Waals surface area contributed by atoms with Gasteiger partial charge in [-0.15, -0.1) is 0 Å². The fourth-order valence-electron chi connectivity index (χ4n) is 1.79. The zero-order chi connectivity index (χ0) is 11.1. The van der Waals surface area contributed by atoms with Gasteiger partial charge in [0.15, 0.2) is 0 Å². The molecule has 0 aromatic heterocycles. The third-order valence-electron chi connectivity index (χ3n) is 2.86. The maximum Gasteiger partial charge on any atom is 0.126 e. The molecular formula is C13H20FN. The van der Waals surface area contributed by atoms with Gasteiger partial charge in [0.1, 0.15) is 5.82 Å². The minimum Gasteiger partial charge on any atom is -0.317 e. The van der Waals surface area contributed by atoms with Crippen LogP contribution in [0.3, 0.4) is 0 Å². The van der Waals surface area contributed by atoms with Crippen LogP contribution < -0.4 is 5.32 Å². The number of nitrogens with one attached hydrogen (secondary N) is 1. The van der Waals surface area contributed by atoms with Crippen molar-refractivity contribution in [3.8, 4) is 0 Å². The molecule has 15 heavy (non-hydrogen) atoms. The number of aryl methyl sites for hydroxylation is 1. The van der Waals surface area contributed by atoms with Crippen molar-refractivity contribution in [2.24, 2.45) is 0 Å². The van der Waals surface area contributed by atoms with Crippen LogP contribution in [0, 0.1) is 5.82 Å². The average Bonchev–Trinajstić information content (AvgIpc) is 2.27. The Balaban J connectivity index is 2.34. The van der Waals surface area contributed by atoms with Crippen LogP contribution in [0.15, 0.2) is 24.3 Å². The van der Waals surface area contributed by atoms with E-state index in [9.17, 15) is 4.39 Å². The van der Waals surface area contributed by atoms with Crippen molar-refractivity contribution in [2.45, 2.75) is 38.6 Å². The SMILES string of the molecule is CCC(CCCc1ccccc1F)NC. The molecule has 0 radical (unpaired) electrons. The second kappa shape index (κ2) is 6.57. The first-order valence-corrected chi connectivity index (χ1v) is 5.68. The summed E-state index contributed by atoms with van der Waals surface area (Å²) in [5.74, 6) is -0.0741. The van der Waals surface area contributed by atoms with Crippen molar-refractivity contribution < 1.29 is 4.39 Å². The van der Waals surface area contributed by atoms with Crippen LogP contribution in [0.4, 0.5) is 4.39 Å². The third-order valence-corrected chi connectivity index (χ3v) is 2.86. The Morgan fingerprint density at radius 2 is 2.07 bits per heavy atom. The summed E-state index contributed by atoms with van der Waals surface area (Å²) in [6.07, 6.45) is 4.13. The van der Waals surface area contributed by atoms with Crippen LogP contribution in [0.25, 0.3) is 0 Å². The van der Waals surface area contributed by atoms with E-state index in [2.05, 4.69) is 12.2 Å². The highest BCUT2D eigenvalue weighted by atomic mass is 19.1. The normalized spacial score (nSPS) is 12.7. The lowest BCUT2D eigenvalue weighted by molar-refractivity contribution is 0.488. The topological polar surface area (TPSA) is 12.0 Å². The van der Waals surface area contributed by atoms with E-state index in [1.54, 1.807) is 6.07 Å². The molecule has 0 aliphatic rings. The minimum absolute atomic E-state index is 0.0741. The van der Waals surface area contributed by atoms with Crippen molar-refractivity contribution in [1.82, 2.24) is 5.32 Å². The van der Waals surface area contributed by atoms with Gasteiger partial charge in [0, 0.05) is 6.04 Å². The predicted molar refractivity (Wildman–Crippen MR) is 62.5 cm³/mol. The molecular weight excluding hydrogens is 189 g/mol. The van der Waals surface area contributed by atoms with Crippen molar-refractivity contribution in [3.63, 3.8) is 0 Å². The maximum absolute atomic E-state index is 13.3. The van der Waals surface area contributed by atoms with Gasteiger partial charge in [0.25, 0.3) is 0 Å². The number of rotatable bonds is 6. The van der Waals surface area contributed by atoms with E-state index < -0.39 is 0 Å². The Morgan fingerprint density at radius 3 is 2.67 bits per heavy atom. The summed E-state index contributed by atoms with van der Waals surface area (Å²) in [4.78, 5) is 0. The zero-order valence-corrected chi connectivity index (χ0v) is 9.59. The summed E-state index contributed by atoms with van der Waals surface area (Å²) in [5, 5.41) is 3.26. The lowest BCUT2D eigenvalue weighted by Gasteiger charge is -2.13. The van der Waals surface area contributed by atoms with Crippen molar-refractivity contribution in [2.75, 3.05) is 7.05 Å². The number of benzene rings is 1. The molecule has 0 aliphatic heterocycles. The molecule has 1 atom stereocenters. The molecule has 1 rings (SSSR count). The first kappa shape index (κ1) is 12.2. The first-order valence-electron chi connectivity index (χ1n) is 5.68. The van der Waals surface area contributed by atoms with E-state index in [1.165, 1.54) is 6.07 Å². The Hall–Kier alpha value is -0.890. The fourth-order valence-corrected chi connectivity index (χ4v) is 1.79. The standard InChI is InChI=1S/C13H20FN/c1-3-12(15-2)9-6-8-11-7-4-5-10-13(11)14/h4-5,7,10,12,15H,3,6,8-9H2,1-2H3. The van der Waals surface area contributed by atoms with Gasteiger partial charge in [-0.25, -0.2) is 4.39 Å². The minimum atomic E-state index is -0.0741. The molecule has 1 aromatic rings. The van der Waals surface area contributed by atoms with Gasteiger partial charge >= 0.3 is 0 Å². The zero-order valence-electron chi connectivity index (χ0n) is 9.59. The summed E-state index contributed by atoms with van der Waals surface area (Å²) in [7, 11) is 1.98. The van der Waals surface area contributed by atoms with Gasteiger partial charge in [-0.3, -0.25) is 0 Å². The first-order chi connectivity index (χ1) is 7.27. The molecule has 0 aliphatic carbocycles. The van der Waals surface area contributed by atoms with Crippen LogP contribution in [-0.4, -0.2) is 13.1 Å². The summed E-state index contributed by atoms with van der Waals surface area (Å²) in [6.45, 7) is 2.17. The van der Waals surface area contributed by atoms with Gasteiger partial charge in [-0.1, -0.05) is 25.1 Å². The summed E-state index contributed by atoms with van der Waals surface area (Å²) in [5.41, 5.74) is 0.837. The number of hydrogen-bond acceptors (Lipinski definition) is 1. The molecule has 1 aromatic carbocycles. The summed E-state index contributed by atoms with van der Waals surface area (Å²) >= 11 is 0. The van der Waals surface area contributed by atoms with E-state index in [0.29, 0.717) is 6.04 Å². The van der Waals surface area contributed by atoms with Crippen LogP contribution in [0.5, 0.6) is 0 Å². The predicted octanol–water partition coefficient (Wildman–Crippen LogP) is 3.15. The van der Waals surface area contributed by atoms with E-state index in [-0.39, 0.29) is 5.82 Å². The molecule has 0 spiro atoms. The summed E-state index contributed by atoms with van der Waals surface area (Å²) < 4.78 is 13.3. The van der Waals surface area contributed by atoms with Gasteiger partial charge in [0.2, 0.25) is 0 Å². The molecule has 0 amide bonds. The van der Waals surface area contributed by atoms with Crippen molar-refractivity contribution in [1.29, 1.82) is 0 Å². The largest absolute Gasteiger partial charge is 0.317 e. The summed E-state index contributed by atoms with van der Waals surface area (Å²) in [6, 6.07) is 7.60. The van der Waals surface area contributed by atoms with Crippen LogP contribution >= 0.6 is 0 Å². The fraction of sp³-hybridized carbons (Fsp3) is 0.538. The van der Waals surface area contributed by atoms with Crippen LogP contribution in [-0.2, 0) is 6.42 Å². The Labute approximate surface area is 91.7 Å². The monoisotopic (exact) mass is 209 g/mol. The Morgan fingerprint density at radius 1 is 1.33 bits per heavy atom. The quantitative estimate of drug-likeness (QED) is 0.759. The van der Waals surface area contributed by atoms with Gasteiger partial charge in [-0.05, 0) is 44.4 Å². The van der Waals surface area contributed by atoms with Gasteiger partial charge in [0.05, 0.1) is 0 Å². The lowest BCUT2D eigenvalue weighted by Crippen LogP contribution is -2.24. The molecule has 0 fully saturated rings. The Kier molecular flexibility index (Phi) is 5.33. The molecule has 2 heteroatoms. The van der Waals surface area contributed by atoms with Crippen molar-refractivity contribution >= 4 is 0 Å². The average molecular weight is 209 g/mol. The third kappa shape index (κ3) is 4.00. The number of hydrogen-bond donors (Lipinski definition) is 1. The Bertz CT molecular complexity index is 282. The molecule has 0 saturated heterocycles. The van der Waals surface area contributed by atoms with E-state index >= 15 is 0 Å². The lowest BCUT2D eigenvalue weighted by atomic mass is 10.0. The van der Waals surface area contributed by atoms with Crippen molar-refractivity contribution in [3.05, 3.63) is 35.6 Å². The van der Waals surface area contributed by atoms with E-state index in [4.69, 9.17) is 0 Å². The highest BCUT2D eigenvalue weighted by Gasteiger charge is 2.04. The molecule has 1 unspecified atom stereocenters. The molecule has 84 valence electrons. The molecule has 0 bridgehead atoms. The molecule has 1 N–H and O–H groups in total. The van der Waals surface area contributed by atoms with Crippen LogP contribution in [0.1, 0.15) is 31.7 Å². The van der Waals surface area contributed by atoms with Gasteiger partial charge in [-0.2, -0.15) is 0 Å². The van der Waals surface area contributed by atoms with E-state index in [0.717, 1.165) is 31.2 Å². The highest BCUT2D eigenvalue weighted by Crippen LogP contribution is 2.11. The molecule has 0 heterocycles. The second-order valence-corrected chi connectivity index (χ2v) is 3.88. The highest BCUT2D eigenvalue weighted by molar-refractivity contribution is 5.17. The second-order valence-electron chi connectivity index (χ2n) is 3.88. The molecule has 1 nitrogen and oxygen atoms in total. The van der Waals surface area contributed by atoms with E-state index in [1.807, 2.05) is 19.2 Å². The maximum atomic E-state index is 13.3.